The van der Waals surface area contributed by atoms with Crippen molar-refractivity contribution in [2.24, 2.45) is 5.73 Å². The third kappa shape index (κ3) is 3.12. The zero-order valence-electron chi connectivity index (χ0n) is 11.3. The zero-order chi connectivity index (χ0) is 13.8. The van der Waals surface area contributed by atoms with Gasteiger partial charge in [0.25, 0.3) is 0 Å². The summed E-state index contributed by atoms with van der Waals surface area (Å²) in [5, 5.41) is 0. The van der Waals surface area contributed by atoms with Crippen LogP contribution in [0.5, 0.6) is 0 Å². The molecule has 0 fully saturated rings. The molecular weight excluding hydrogens is 252 g/mol. The Morgan fingerprint density at radius 2 is 1.47 bits per heavy atom. The lowest BCUT2D eigenvalue weighted by Crippen LogP contribution is -2.11. The van der Waals surface area contributed by atoms with Gasteiger partial charge in [-0.25, -0.2) is 0 Å². The van der Waals surface area contributed by atoms with E-state index in [1.54, 1.807) is 0 Å². The second-order valence-corrected chi connectivity index (χ2v) is 4.93. The number of thiocarbonyl (C=S) groups is 1. The minimum atomic E-state index is 0.432. The number of rotatable bonds is 4. The first kappa shape index (κ1) is 13.6. The fourth-order valence-corrected chi connectivity index (χ4v) is 2.09. The molecule has 19 heavy (non-hydrogen) atoms. The number of aryl methyl sites for hydroxylation is 1. The highest BCUT2D eigenvalue weighted by molar-refractivity contribution is 7.80. The van der Waals surface area contributed by atoms with Crippen LogP contribution in [0.15, 0.2) is 48.5 Å². The van der Waals surface area contributed by atoms with E-state index in [4.69, 9.17) is 18.0 Å². The van der Waals surface area contributed by atoms with Gasteiger partial charge in [0.1, 0.15) is 4.99 Å². The van der Waals surface area contributed by atoms with E-state index >= 15 is 0 Å². The van der Waals surface area contributed by atoms with Gasteiger partial charge in [0.2, 0.25) is 0 Å². The van der Waals surface area contributed by atoms with E-state index in [1.807, 2.05) is 24.3 Å². The quantitative estimate of drug-likeness (QED) is 0.860. The van der Waals surface area contributed by atoms with E-state index in [0.29, 0.717) is 4.99 Å². The molecule has 0 radical (unpaired) electrons. The van der Waals surface area contributed by atoms with Crippen LogP contribution < -0.4 is 10.6 Å². The number of anilines is 2. The monoisotopic (exact) mass is 270 g/mol. The second kappa shape index (κ2) is 5.85. The van der Waals surface area contributed by atoms with Gasteiger partial charge in [0.05, 0.1) is 0 Å². The standard InChI is InChI=1S/C16H18N2S/c1-3-12-4-8-14(9-5-12)18(2)15-10-6-13(7-11-15)16(17)19/h4-11H,3H2,1-2H3,(H2,17,19). The van der Waals surface area contributed by atoms with E-state index in [0.717, 1.165) is 17.7 Å². The van der Waals surface area contributed by atoms with Crippen LogP contribution in [0, 0.1) is 0 Å². The lowest BCUT2D eigenvalue weighted by molar-refractivity contribution is 1.13. The maximum atomic E-state index is 5.60. The SMILES string of the molecule is CCc1ccc(N(C)c2ccc(C(N)=S)cc2)cc1. The highest BCUT2D eigenvalue weighted by Crippen LogP contribution is 2.24. The molecule has 0 saturated heterocycles. The molecule has 2 aromatic rings. The molecule has 2 nitrogen and oxygen atoms in total. The molecular formula is C16H18N2S. The van der Waals surface area contributed by atoms with Gasteiger partial charge in [-0.3, -0.25) is 0 Å². The van der Waals surface area contributed by atoms with E-state index in [1.165, 1.54) is 11.3 Å². The average Bonchev–Trinajstić information content (AvgIpc) is 2.46. The number of nitrogens with zero attached hydrogens (tertiary/aromatic N) is 1. The normalized spacial score (nSPS) is 10.2. The predicted octanol–water partition coefficient (Wildman–Crippen LogP) is 3.65. The summed E-state index contributed by atoms with van der Waals surface area (Å²) >= 11 is 4.96. The Hall–Kier alpha value is -1.87. The molecule has 98 valence electrons. The van der Waals surface area contributed by atoms with Crippen molar-refractivity contribution in [2.45, 2.75) is 13.3 Å². The van der Waals surface area contributed by atoms with Gasteiger partial charge in [-0.2, -0.15) is 0 Å². The summed E-state index contributed by atoms with van der Waals surface area (Å²) in [6.45, 7) is 2.16. The Labute approximate surface area is 119 Å². The Balaban J connectivity index is 2.22. The van der Waals surface area contributed by atoms with Crippen LogP contribution >= 0.6 is 12.2 Å². The summed E-state index contributed by atoms with van der Waals surface area (Å²) in [5.74, 6) is 0. The molecule has 0 aliphatic heterocycles. The Kier molecular flexibility index (Phi) is 4.17. The largest absolute Gasteiger partial charge is 0.389 e. The number of hydrogen-bond acceptors (Lipinski definition) is 2. The third-order valence-corrected chi connectivity index (χ3v) is 3.51. The van der Waals surface area contributed by atoms with Crippen molar-refractivity contribution in [3.8, 4) is 0 Å². The fraction of sp³-hybridized carbons (Fsp3) is 0.188. The number of hydrogen-bond donors (Lipinski definition) is 1. The summed E-state index contributed by atoms with van der Waals surface area (Å²) in [6, 6.07) is 16.6. The topological polar surface area (TPSA) is 29.3 Å². The van der Waals surface area contributed by atoms with Gasteiger partial charge in [-0.05, 0) is 48.4 Å². The first-order chi connectivity index (χ1) is 9.11. The van der Waals surface area contributed by atoms with Gasteiger partial charge < -0.3 is 10.6 Å². The molecule has 3 heteroatoms. The van der Waals surface area contributed by atoms with Crippen molar-refractivity contribution in [1.29, 1.82) is 0 Å². The van der Waals surface area contributed by atoms with Crippen molar-refractivity contribution in [2.75, 3.05) is 11.9 Å². The van der Waals surface area contributed by atoms with Crippen molar-refractivity contribution in [1.82, 2.24) is 0 Å². The van der Waals surface area contributed by atoms with Crippen molar-refractivity contribution >= 4 is 28.6 Å². The maximum absolute atomic E-state index is 5.60. The summed E-state index contributed by atoms with van der Waals surface area (Å²) in [7, 11) is 2.05. The maximum Gasteiger partial charge on any atom is 0.103 e. The van der Waals surface area contributed by atoms with Gasteiger partial charge in [0.15, 0.2) is 0 Å². The molecule has 2 aromatic carbocycles. The average molecular weight is 270 g/mol. The number of nitrogens with two attached hydrogens (primary N) is 1. The molecule has 0 saturated carbocycles. The van der Waals surface area contributed by atoms with Crippen LogP contribution in [0.1, 0.15) is 18.1 Å². The molecule has 0 bridgehead atoms. The zero-order valence-corrected chi connectivity index (χ0v) is 12.1. The highest BCUT2D eigenvalue weighted by atomic mass is 32.1. The van der Waals surface area contributed by atoms with Crippen LogP contribution in [0.4, 0.5) is 11.4 Å². The van der Waals surface area contributed by atoms with Crippen LogP contribution in [-0.2, 0) is 6.42 Å². The fourth-order valence-electron chi connectivity index (χ4n) is 1.95. The minimum absolute atomic E-state index is 0.432. The molecule has 0 aliphatic rings. The number of benzene rings is 2. The summed E-state index contributed by atoms with van der Waals surface area (Å²) < 4.78 is 0. The summed E-state index contributed by atoms with van der Waals surface area (Å²) in [4.78, 5) is 2.57. The van der Waals surface area contributed by atoms with Crippen molar-refractivity contribution in [3.63, 3.8) is 0 Å². The van der Waals surface area contributed by atoms with Crippen LogP contribution in [0.2, 0.25) is 0 Å². The van der Waals surface area contributed by atoms with Gasteiger partial charge in [-0.15, -0.1) is 0 Å². The van der Waals surface area contributed by atoms with E-state index in [2.05, 4.69) is 43.1 Å². The molecule has 0 spiro atoms. The van der Waals surface area contributed by atoms with Gasteiger partial charge in [0, 0.05) is 24.0 Å². The Morgan fingerprint density at radius 3 is 1.89 bits per heavy atom. The van der Waals surface area contributed by atoms with Crippen molar-refractivity contribution < 1.29 is 0 Å². The smallest absolute Gasteiger partial charge is 0.103 e. The van der Waals surface area contributed by atoms with Crippen LogP contribution in [-0.4, -0.2) is 12.0 Å². The second-order valence-electron chi connectivity index (χ2n) is 4.49. The first-order valence-corrected chi connectivity index (χ1v) is 6.75. The van der Waals surface area contributed by atoms with Crippen molar-refractivity contribution in [3.05, 3.63) is 59.7 Å². The third-order valence-electron chi connectivity index (χ3n) is 3.27. The molecule has 0 amide bonds. The minimum Gasteiger partial charge on any atom is -0.389 e. The molecule has 2 rings (SSSR count). The molecule has 2 N–H and O–H groups in total. The lowest BCUT2D eigenvalue weighted by Gasteiger charge is -2.20. The van der Waals surface area contributed by atoms with E-state index in [-0.39, 0.29) is 0 Å². The summed E-state index contributed by atoms with van der Waals surface area (Å²) in [5.41, 5.74) is 10.1. The Morgan fingerprint density at radius 1 is 1.00 bits per heavy atom. The van der Waals surface area contributed by atoms with Gasteiger partial charge >= 0.3 is 0 Å². The Bertz CT molecular complexity index is 558. The van der Waals surface area contributed by atoms with E-state index < -0.39 is 0 Å². The lowest BCUT2D eigenvalue weighted by atomic mass is 10.1. The molecule has 0 heterocycles. The molecule has 0 aliphatic carbocycles. The predicted molar refractivity (Wildman–Crippen MR) is 86.2 cm³/mol. The summed E-state index contributed by atoms with van der Waals surface area (Å²) in [6.07, 6.45) is 1.06. The first-order valence-electron chi connectivity index (χ1n) is 6.34. The molecule has 0 atom stereocenters. The van der Waals surface area contributed by atoms with Crippen LogP contribution in [0.3, 0.4) is 0 Å². The molecule has 0 unspecified atom stereocenters. The van der Waals surface area contributed by atoms with Gasteiger partial charge in [-0.1, -0.05) is 31.3 Å². The molecule has 0 aromatic heterocycles. The highest BCUT2D eigenvalue weighted by Gasteiger charge is 2.04. The van der Waals surface area contributed by atoms with E-state index in [9.17, 15) is 0 Å². The van der Waals surface area contributed by atoms with Crippen LogP contribution in [0.25, 0.3) is 0 Å².